The Bertz CT molecular complexity index is 349. The average molecular weight is 268 g/mol. The Kier molecular flexibility index (Phi) is 3.94. The Morgan fingerprint density at radius 3 is 2.42 bits per heavy atom. The summed E-state index contributed by atoms with van der Waals surface area (Å²) in [4.78, 5) is 14.3. The van der Waals surface area contributed by atoms with E-state index in [4.69, 9.17) is 10.5 Å². The van der Waals surface area contributed by atoms with Gasteiger partial charge in [0.2, 0.25) is 0 Å². The van der Waals surface area contributed by atoms with Crippen LogP contribution in [-0.2, 0) is 9.53 Å². The van der Waals surface area contributed by atoms with Crippen molar-refractivity contribution >= 4 is 5.97 Å². The van der Waals surface area contributed by atoms with Crippen molar-refractivity contribution in [2.75, 3.05) is 0 Å². The standard InChI is InChI=1S/C15H28N2O2/c1-9-6-11-7-12(19-14(18)10(2)16)8-13(9)17(11)15(3,4)5/h9-13H,6-8,16H2,1-5H3/t9-,10+,11?,12-,13+/m1/s1. The monoisotopic (exact) mass is 268 g/mol. The first-order valence-corrected chi connectivity index (χ1v) is 7.44. The first-order valence-electron chi connectivity index (χ1n) is 7.44. The Labute approximate surface area is 116 Å². The number of ether oxygens (including phenoxy) is 1. The molecule has 0 radical (unpaired) electrons. The van der Waals surface area contributed by atoms with E-state index in [0.29, 0.717) is 18.0 Å². The second kappa shape index (κ2) is 5.06. The van der Waals surface area contributed by atoms with Crippen LogP contribution in [0.4, 0.5) is 0 Å². The van der Waals surface area contributed by atoms with Crippen LogP contribution in [0.15, 0.2) is 0 Å². The van der Waals surface area contributed by atoms with Gasteiger partial charge in [0, 0.05) is 30.5 Å². The molecule has 2 bridgehead atoms. The third-order valence-electron chi connectivity index (χ3n) is 4.52. The van der Waals surface area contributed by atoms with Gasteiger partial charge in [-0.05, 0) is 40.0 Å². The normalized spacial score (nSPS) is 37.2. The Morgan fingerprint density at radius 2 is 1.95 bits per heavy atom. The third-order valence-corrected chi connectivity index (χ3v) is 4.52. The van der Waals surface area contributed by atoms with Crippen molar-refractivity contribution in [1.29, 1.82) is 0 Å². The lowest BCUT2D eigenvalue weighted by molar-refractivity contribution is -0.155. The lowest BCUT2D eigenvalue weighted by atomic mass is 9.91. The van der Waals surface area contributed by atoms with Gasteiger partial charge in [0.15, 0.2) is 0 Å². The van der Waals surface area contributed by atoms with Gasteiger partial charge in [-0.3, -0.25) is 9.69 Å². The van der Waals surface area contributed by atoms with E-state index in [2.05, 4.69) is 32.6 Å². The van der Waals surface area contributed by atoms with Gasteiger partial charge in [0.1, 0.15) is 12.1 Å². The number of carbonyl (C=O) groups excluding carboxylic acids is 1. The maximum Gasteiger partial charge on any atom is 0.322 e. The average Bonchev–Trinajstić information content (AvgIpc) is 2.46. The summed E-state index contributed by atoms with van der Waals surface area (Å²) in [5, 5.41) is 0. The zero-order valence-electron chi connectivity index (χ0n) is 12.8. The van der Waals surface area contributed by atoms with E-state index in [1.165, 1.54) is 6.42 Å². The van der Waals surface area contributed by atoms with Gasteiger partial charge in [0.05, 0.1) is 0 Å². The molecule has 5 atom stereocenters. The molecular formula is C15H28N2O2. The van der Waals surface area contributed by atoms with Gasteiger partial charge >= 0.3 is 5.97 Å². The number of rotatable bonds is 2. The Balaban J connectivity index is 2.05. The van der Waals surface area contributed by atoms with Crippen molar-refractivity contribution in [2.24, 2.45) is 11.7 Å². The van der Waals surface area contributed by atoms with Crippen LogP contribution >= 0.6 is 0 Å². The summed E-state index contributed by atoms with van der Waals surface area (Å²) in [6.45, 7) is 10.8. The highest BCUT2D eigenvalue weighted by Gasteiger charge is 2.49. The molecule has 2 rings (SSSR count). The van der Waals surface area contributed by atoms with Crippen molar-refractivity contribution in [3.63, 3.8) is 0 Å². The molecule has 2 fully saturated rings. The maximum atomic E-state index is 11.6. The van der Waals surface area contributed by atoms with E-state index >= 15 is 0 Å². The van der Waals surface area contributed by atoms with Crippen LogP contribution in [0.3, 0.4) is 0 Å². The first kappa shape index (κ1) is 14.8. The molecule has 19 heavy (non-hydrogen) atoms. The molecule has 2 heterocycles. The molecule has 2 saturated heterocycles. The summed E-state index contributed by atoms with van der Waals surface area (Å²) < 4.78 is 5.55. The number of carbonyl (C=O) groups is 1. The Hall–Kier alpha value is -0.610. The zero-order valence-corrected chi connectivity index (χ0v) is 12.8. The number of nitrogens with two attached hydrogens (primary N) is 1. The van der Waals surface area contributed by atoms with Crippen LogP contribution in [0.1, 0.15) is 53.9 Å². The topological polar surface area (TPSA) is 55.6 Å². The first-order chi connectivity index (χ1) is 8.70. The highest BCUT2D eigenvalue weighted by Crippen LogP contribution is 2.44. The van der Waals surface area contributed by atoms with E-state index in [0.717, 1.165) is 12.8 Å². The quantitative estimate of drug-likeness (QED) is 0.777. The third kappa shape index (κ3) is 2.95. The predicted octanol–water partition coefficient (Wildman–Crippen LogP) is 1.92. The number of piperidine rings is 1. The molecule has 0 amide bonds. The molecule has 1 unspecified atom stereocenters. The van der Waals surface area contributed by atoms with E-state index < -0.39 is 6.04 Å². The number of esters is 1. The summed E-state index contributed by atoms with van der Waals surface area (Å²) in [6, 6.07) is 0.556. The lowest BCUT2D eigenvalue weighted by Gasteiger charge is -2.47. The van der Waals surface area contributed by atoms with Gasteiger partial charge in [-0.25, -0.2) is 0 Å². The van der Waals surface area contributed by atoms with E-state index in [-0.39, 0.29) is 17.6 Å². The lowest BCUT2D eigenvalue weighted by Crippen LogP contribution is -2.55. The van der Waals surface area contributed by atoms with E-state index in [1.54, 1.807) is 6.92 Å². The molecule has 0 aliphatic carbocycles. The molecule has 2 aliphatic heterocycles. The minimum absolute atomic E-state index is 0.0528. The molecule has 0 aromatic rings. The molecule has 0 saturated carbocycles. The van der Waals surface area contributed by atoms with Crippen LogP contribution in [0, 0.1) is 5.92 Å². The molecule has 0 aromatic heterocycles. The fourth-order valence-electron chi connectivity index (χ4n) is 3.88. The van der Waals surface area contributed by atoms with Crippen LogP contribution < -0.4 is 5.73 Å². The molecule has 0 aromatic carbocycles. The van der Waals surface area contributed by atoms with Gasteiger partial charge in [-0.1, -0.05) is 6.92 Å². The minimum Gasteiger partial charge on any atom is -0.461 e. The van der Waals surface area contributed by atoms with E-state index in [9.17, 15) is 4.79 Å². The second-order valence-electron chi connectivity index (χ2n) is 7.33. The number of fused-ring (bicyclic) bond motifs is 2. The van der Waals surface area contributed by atoms with Crippen molar-refractivity contribution in [1.82, 2.24) is 4.90 Å². The van der Waals surface area contributed by atoms with Gasteiger partial charge in [0.25, 0.3) is 0 Å². The maximum absolute atomic E-state index is 11.6. The van der Waals surface area contributed by atoms with Gasteiger partial charge < -0.3 is 10.5 Å². The fourth-order valence-corrected chi connectivity index (χ4v) is 3.88. The largest absolute Gasteiger partial charge is 0.461 e. The minimum atomic E-state index is -0.518. The molecule has 4 nitrogen and oxygen atoms in total. The van der Waals surface area contributed by atoms with E-state index in [1.807, 2.05) is 0 Å². The van der Waals surface area contributed by atoms with Gasteiger partial charge in [-0.15, -0.1) is 0 Å². The second-order valence-corrected chi connectivity index (χ2v) is 7.33. The van der Waals surface area contributed by atoms with Gasteiger partial charge in [-0.2, -0.15) is 0 Å². The highest BCUT2D eigenvalue weighted by molar-refractivity contribution is 5.75. The van der Waals surface area contributed by atoms with Crippen LogP contribution in [0.5, 0.6) is 0 Å². The van der Waals surface area contributed by atoms with Crippen molar-refractivity contribution in [3.8, 4) is 0 Å². The van der Waals surface area contributed by atoms with Crippen molar-refractivity contribution in [3.05, 3.63) is 0 Å². The smallest absolute Gasteiger partial charge is 0.322 e. The molecule has 2 aliphatic rings. The molecule has 0 spiro atoms. The van der Waals surface area contributed by atoms with Crippen LogP contribution in [-0.4, -0.2) is 40.6 Å². The molecule has 110 valence electrons. The number of hydrogen-bond acceptors (Lipinski definition) is 4. The zero-order chi connectivity index (χ0) is 14.4. The Morgan fingerprint density at radius 1 is 1.32 bits per heavy atom. The SMILES string of the molecule is C[C@H](N)C(=O)O[C@@H]1CC2C[C@@H](C)[C@H](C1)N2C(C)(C)C. The number of nitrogens with zero attached hydrogens (tertiary/aromatic N) is 1. The summed E-state index contributed by atoms with van der Waals surface area (Å²) in [6.07, 6.45) is 3.18. The summed E-state index contributed by atoms with van der Waals surface area (Å²) in [7, 11) is 0. The summed E-state index contributed by atoms with van der Waals surface area (Å²) in [5.41, 5.74) is 5.77. The number of hydrogen-bond donors (Lipinski definition) is 1. The predicted molar refractivity (Wildman–Crippen MR) is 75.7 cm³/mol. The summed E-state index contributed by atoms with van der Waals surface area (Å²) >= 11 is 0. The summed E-state index contributed by atoms with van der Waals surface area (Å²) in [5.74, 6) is 0.421. The van der Waals surface area contributed by atoms with Crippen LogP contribution in [0.25, 0.3) is 0 Å². The van der Waals surface area contributed by atoms with Crippen molar-refractivity contribution in [2.45, 2.75) is 83.6 Å². The van der Waals surface area contributed by atoms with Crippen molar-refractivity contribution < 1.29 is 9.53 Å². The highest BCUT2D eigenvalue weighted by atomic mass is 16.5. The molecular weight excluding hydrogens is 240 g/mol. The molecule has 2 N–H and O–H groups in total. The molecule has 4 heteroatoms. The van der Waals surface area contributed by atoms with Crippen LogP contribution in [0.2, 0.25) is 0 Å². The fraction of sp³-hybridized carbons (Fsp3) is 0.933.